The molecule has 0 amide bonds. The summed E-state index contributed by atoms with van der Waals surface area (Å²) in [5.74, 6) is 0. The molecule has 12 aromatic carbocycles. The van der Waals surface area contributed by atoms with Gasteiger partial charge in [0.05, 0.1) is 17.1 Å². The van der Waals surface area contributed by atoms with Crippen molar-refractivity contribution < 1.29 is 4.42 Å². The molecule has 382 valence electrons. The quantitative estimate of drug-likeness (QED) is 0.143. The fourth-order valence-electron chi connectivity index (χ4n) is 14.6. The van der Waals surface area contributed by atoms with Gasteiger partial charge in [-0.1, -0.05) is 238 Å². The summed E-state index contributed by atoms with van der Waals surface area (Å²) in [6.45, 7) is 4.83. The first-order valence-corrected chi connectivity index (χ1v) is 28.3. The van der Waals surface area contributed by atoms with Crippen molar-refractivity contribution in [1.82, 2.24) is 0 Å². The van der Waals surface area contributed by atoms with Crippen LogP contribution in [0.25, 0.3) is 66.6 Å². The monoisotopic (exact) mass is 1030 g/mol. The summed E-state index contributed by atoms with van der Waals surface area (Å²) in [5.41, 5.74) is 28.2. The predicted molar refractivity (Wildman–Crippen MR) is 334 cm³/mol. The Morgan fingerprint density at radius 1 is 0.272 bits per heavy atom. The average Bonchev–Trinajstić information content (AvgIpc) is 2.77. The largest absolute Gasteiger partial charge is 0.464 e. The van der Waals surface area contributed by atoms with Gasteiger partial charge < -0.3 is 9.32 Å². The summed E-state index contributed by atoms with van der Waals surface area (Å²) in [5, 5.41) is 1.10. The zero-order valence-electron chi connectivity index (χ0n) is 45.1. The van der Waals surface area contributed by atoms with Gasteiger partial charge in [0.15, 0.2) is 0 Å². The summed E-state index contributed by atoms with van der Waals surface area (Å²) in [6, 6.07) is 109. The zero-order valence-corrected chi connectivity index (χ0v) is 45.1. The van der Waals surface area contributed by atoms with Gasteiger partial charge in [-0.3, -0.25) is 0 Å². The lowest BCUT2D eigenvalue weighted by Gasteiger charge is -2.35. The van der Waals surface area contributed by atoms with Crippen LogP contribution in [-0.2, 0) is 16.2 Å². The van der Waals surface area contributed by atoms with Crippen molar-refractivity contribution in [2.24, 2.45) is 0 Å². The Morgan fingerprint density at radius 2 is 0.630 bits per heavy atom. The molecule has 2 heteroatoms. The maximum Gasteiger partial charge on any atom is 0.133 e. The predicted octanol–water partition coefficient (Wildman–Crippen LogP) is 20.3. The number of benzene rings is 12. The molecule has 16 rings (SSSR count). The van der Waals surface area contributed by atoms with E-state index in [1.807, 2.05) is 6.07 Å². The Balaban J connectivity index is 0.838. The minimum atomic E-state index is -0.543. The number of anilines is 3. The topological polar surface area (TPSA) is 16.4 Å². The van der Waals surface area contributed by atoms with E-state index in [9.17, 15) is 0 Å². The molecule has 0 saturated heterocycles. The van der Waals surface area contributed by atoms with Crippen LogP contribution in [0.3, 0.4) is 0 Å². The van der Waals surface area contributed by atoms with Crippen LogP contribution in [0.15, 0.2) is 302 Å². The second kappa shape index (κ2) is 18.0. The maximum absolute atomic E-state index is 5.73. The van der Waals surface area contributed by atoms with E-state index in [-0.39, 0.29) is 5.41 Å². The lowest BCUT2D eigenvalue weighted by molar-refractivity contribution is 0.616. The maximum atomic E-state index is 5.73. The molecular formula is C79H55NO. The normalized spacial score (nSPS) is 14.3. The van der Waals surface area contributed by atoms with E-state index in [1.54, 1.807) is 6.26 Å². The fraction of sp³-hybridized carbons (Fsp3) is 0.0633. The van der Waals surface area contributed by atoms with E-state index in [4.69, 9.17) is 4.42 Å². The van der Waals surface area contributed by atoms with Gasteiger partial charge in [0.2, 0.25) is 0 Å². The van der Waals surface area contributed by atoms with Crippen LogP contribution in [0.4, 0.5) is 17.1 Å². The second-order valence-corrected chi connectivity index (χ2v) is 22.7. The van der Waals surface area contributed by atoms with Gasteiger partial charge in [-0.05, 0) is 178 Å². The van der Waals surface area contributed by atoms with Crippen molar-refractivity contribution >= 4 is 28.0 Å². The summed E-state index contributed by atoms with van der Waals surface area (Å²) in [7, 11) is 0. The number of nitrogens with zero attached hydrogens (tertiary/aromatic N) is 1. The van der Waals surface area contributed by atoms with Crippen LogP contribution >= 0.6 is 0 Å². The number of hydrogen-bond donors (Lipinski definition) is 0. The van der Waals surface area contributed by atoms with E-state index in [2.05, 4.69) is 304 Å². The molecule has 0 spiro atoms. The number of hydrogen-bond acceptors (Lipinski definition) is 2. The van der Waals surface area contributed by atoms with Crippen LogP contribution in [0, 0.1) is 0 Å². The lowest BCUT2D eigenvalue weighted by atomic mass is 9.67. The van der Waals surface area contributed by atoms with Gasteiger partial charge in [0.1, 0.15) is 5.58 Å². The van der Waals surface area contributed by atoms with Gasteiger partial charge in [-0.15, -0.1) is 0 Å². The molecule has 0 fully saturated rings. The number of furan rings is 1. The van der Waals surface area contributed by atoms with Gasteiger partial charge in [-0.25, -0.2) is 0 Å². The molecule has 0 saturated carbocycles. The third-order valence-corrected chi connectivity index (χ3v) is 18.3. The highest BCUT2D eigenvalue weighted by molar-refractivity contribution is 5.93. The SMILES string of the molecule is CC1(C)c2cc(-c3ccc4c(c3)C(c3ccccc3)(c3ccccc3)c3ccccc3-4)ccc2-c2ccc(N(c3ccc(-c4ccc5occc5c4)cc3)c3ccc4c(c3)C(c3ccccc3)(c3ccccc3)c3ccccc3-4)cc21. The second-order valence-electron chi connectivity index (χ2n) is 22.7. The molecule has 1 aromatic heterocycles. The highest BCUT2D eigenvalue weighted by Gasteiger charge is 2.48. The summed E-state index contributed by atoms with van der Waals surface area (Å²) in [6.07, 6.45) is 1.76. The van der Waals surface area contributed by atoms with Crippen molar-refractivity contribution in [3.05, 3.63) is 353 Å². The number of rotatable bonds is 9. The smallest absolute Gasteiger partial charge is 0.133 e. The molecule has 81 heavy (non-hydrogen) atoms. The van der Waals surface area contributed by atoms with Crippen molar-refractivity contribution in [2.75, 3.05) is 4.90 Å². The molecule has 0 bridgehead atoms. The highest BCUT2D eigenvalue weighted by atomic mass is 16.3. The van der Waals surface area contributed by atoms with E-state index in [0.717, 1.165) is 39.2 Å². The molecule has 3 aliphatic carbocycles. The van der Waals surface area contributed by atoms with E-state index >= 15 is 0 Å². The fourth-order valence-corrected chi connectivity index (χ4v) is 14.6. The van der Waals surface area contributed by atoms with Gasteiger partial charge in [0.25, 0.3) is 0 Å². The summed E-state index contributed by atoms with van der Waals surface area (Å²) in [4.78, 5) is 2.48. The Labute approximate surface area is 473 Å². The average molecular weight is 1030 g/mol. The van der Waals surface area contributed by atoms with Gasteiger partial charge >= 0.3 is 0 Å². The lowest BCUT2D eigenvalue weighted by Crippen LogP contribution is -2.28. The van der Waals surface area contributed by atoms with E-state index < -0.39 is 10.8 Å². The van der Waals surface area contributed by atoms with E-state index in [0.29, 0.717) is 0 Å². The third kappa shape index (κ3) is 6.87. The zero-order chi connectivity index (χ0) is 53.9. The third-order valence-electron chi connectivity index (χ3n) is 18.3. The van der Waals surface area contributed by atoms with Crippen LogP contribution in [-0.4, -0.2) is 0 Å². The first-order chi connectivity index (χ1) is 39.9. The van der Waals surface area contributed by atoms with Gasteiger partial charge in [0, 0.05) is 27.9 Å². The highest BCUT2D eigenvalue weighted by Crippen LogP contribution is 2.60. The molecule has 0 radical (unpaired) electrons. The van der Waals surface area contributed by atoms with Crippen LogP contribution in [0.1, 0.15) is 69.5 Å². The van der Waals surface area contributed by atoms with Crippen molar-refractivity contribution in [1.29, 1.82) is 0 Å². The van der Waals surface area contributed by atoms with E-state index in [1.165, 1.54) is 100 Å². The molecular weight excluding hydrogens is 979 g/mol. The Hall–Kier alpha value is -10.0. The van der Waals surface area contributed by atoms with Crippen molar-refractivity contribution in [2.45, 2.75) is 30.1 Å². The van der Waals surface area contributed by atoms with Gasteiger partial charge in [-0.2, -0.15) is 0 Å². The molecule has 3 aliphatic rings. The molecule has 0 unspecified atom stereocenters. The Bertz CT molecular complexity index is 4510. The minimum absolute atomic E-state index is 0.307. The van der Waals surface area contributed by atoms with Crippen LogP contribution in [0.2, 0.25) is 0 Å². The molecule has 0 aliphatic heterocycles. The van der Waals surface area contributed by atoms with Crippen molar-refractivity contribution in [3.63, 3.8) is 0 Å². The Kier molecular flexibility index (Phi) is 10.5. The number of fused-ring (bicyclic) bond motifs is 10. The minimum Gasteiger partial charge on any atom is -0.464 e. The first-order valence-electron chi connectivity index (χ1n) is 28.3. The molecule has 2 nitrogen and oxygen atoms in total. The molecule has 13 aromatic rings. The summed E-state index contributed by atoms with van der Waals surface area (Å²) < 4.78 is 5.73. The van der Waals surface area contributed by atoms with Crippen molar-refractivity contribution in [3.8, 4) is 55.6 Å². The molecule has 0 N–H and O–H groups in total. The standard InChI is InChI=1S/C79H55NO/c1-77(2)72-48-54(55-34-41-68-64-27-15-17-29-70(64)78(74(68)49-55,57-19-7-3-8-20-57)58-21-9-4-10-22-58)33-40-66(72)67-42-38-62(50-73(67)77)80(61-36-31-52(32-37-61)53-35-44-76-56(47-53)45-46-81-76)63-39-43-69-65-28-16-18-30-71(65)79(75(69)51-63,59-23-11-5-12-24-59)60-25-13-6-14-26-60/h3-51H,1-2H3. The van der Waals surface area contributed by atoms with Crippen LogP contribution < -0.4 is 4.90 Å². The molecule has 1 heterocycles. The Morgan fingerprint density at radius 3 is 1.15 bits per heavy atom. The molecule has 0 atom stereocenters. The first kappa shape index (κ1) is 47.0. The summed E-state index contributed by atoms with van der Waals surface area (Å²) >= 11 is 0. The van der Waals surface area contributed by atoms with Crippen LogP contribution in [0.5, 0.6) is 0 Å².